The summed E-state index contributed by atoms with van der Waals surface area (Å²) in [4.78, 5) is 12.6. The van der Waals surface area contributed by atoms with Gasteiger partial charge in [-0.3, -0.25) is 4.79 Å². The Morgan fingerprint density at radius 3 is 2.41 bits per heavy atom. The van der Waals surface area contributed by atoms with E-state index in [1.807, 2.05) is 0 Å². The van der Waals surface area contributed by atoms with Gasteiger partial charge < -0.3 is 50.0 Å². The number of hydrogen-bond donors (Lipinski definition) is 7. The number of aliphatic hydroxyl groups is 4. The van der Waals surface area contributed by atoms with Crippen LogP contribution in [0.4, 0.5) is 0 Å². The molecule has 4 rings (SSSR count). The molecule has 1 saturated heterocycles. The molecule has 0 spiro atoms. The summed E-state index contributed by atoms with van der Waals surface area (Å²) in [6.45, 7) is -0.653. The maximum atomic E-state index is 12.6. The lowest BCUT2D eigenvalue weighted by Gasteiger charge is -2.39. The molecule has 2 heterocycles. The maximum Gasteiger partial charge on any atom is 0.229 e. The third kappa shape index (κ3) is 3.80. The van der Waals surface area contributed by atoms with Crippen LogP contribution in [0.1, 0.15) is 28.4 Å². The second-order valence-electron chi connectivity index (χ2n) is 7.59. The molecule has 6 atom stereocenters. The molecule has 2 aliphatic heterocycles. The second kappa shape index (κ2) is 8.45. The molecule has 0 aromatic heterocycles. The monoisotopic (exact) mass is 450 g/mol. The smallest absolute Gasteiger partial charge is 0.229 e. The largest absolute Gasteiger partial charge is 0.504 e. The molecule has 0 saturated carbocycles. The number of benzene rings is 2. The zero-order valence-corrected chi connectivity index (χ0v) is 16.5. The molecule has 2 unspecified atom stereocenters. The zero-order chi connectivity index (χ0) is 23.2. The second-order valence-corrected chi connectivity index (χ2v) is 7.59. The van der Waals surface area contributed by atoms with Gasteiger partial charge in [0.2, 0.25) is 12.0 Å². The average molecular weight is 450 g/mol. The first-order valence-corrected chi connectivity index (χ1v) is 9.76. The summed E-state index contributed by atoms with van der Waals surface area (Å²) >= 11 is 0. The fraction of sp³-hybridized carbons (Fsp3) is 0.381. The van der Waals surface area contributed by atoms with Crippen LogP contribution < -0.4 is 9.47 Å². The summed E-state index contributed by atoms with van der Waals surface area (Å²) in [5, 5.41) is 69.1. The lowest BCUT2D eigenvalue weighted by Crippen LogP contribution is -2.60. The van der Waals surface area contributed by atoms with Crippen molar-refractivity contribution >= 4 is 5.78 Å². The Kier molecular flexibility index (Phi) is 5.84. The third-order valence-corrected chi connectivity index (χ3v) is 5.49. The van der Waals surface area contributed by atoms with Crippen LogP contribution in [0.25, 0.3) is 0 Å². The van der Waals surface area contributed by atoms with E-state index in [9.17, 15) is 40.5 Å². The van der Waals surface area contributed by atoms with E-state index in [4.69, 9.17) is 14.2 Å². The average Bonchev–Trinajstić information content (AvgIpc) is 2.77. The predicted molar refractivity (Wildman–Crippen MR) is 105 cm³/mol. The summed E-state index contributed by atoms with van der Waals surface area (Å²) in [7, 11) is 0. The van der Waals surface area contributed by atoms with Gasteiger partial charge in [0.25, 0.3) is 0 Å². The van der Waals surface area contributed by atoms with Gasteiger partial charge in [-0.05, 0) is 29.8 Å². The predicted octanol–water partition coefficient (Wildman–Crippen LogP) is -0.311. The molecule has 0 radical (unpaired) electrons. The normalized spacial score (nSPS) is 29.8. The molecule has 32 heavy (non-hydrogen) atoms. The van der Waals surface area contributed by atoms with Gasteiger partial charge in [-0.25, -0.2) is 0 Å². The Hall–Kier alpha value is -3.09. The minimum absolute atomic E-state index is 0.0798. The number of phenols is 3. The highest BCUT2D eigenvalue weighted by Crippen LogP contribution is 2.46. The van der Waals surface area contributed by atoms with Gasteiger partial charge in [0, 0.05) is 0 Å². The number of Topliss-reactive ketones (excluding diaryl/α,β-unsaturated/α-hetero) is 1. The molecule has 2 aromatic carbocycles. The van der Waals surface area contributed by atoms with Crippen molar-refractivity contribution in [3.63, 3.8) is 0 Å². The molecule has 1 fully saturated rings. The Morgan fingerprint density at radius 2 is 1.72 bits per heavy atom. The number of rotatable bonds is 4. The molecule has 0 bridgehead atoms. The highest BCUT2D eigenvalue weighted by Gasteiger charge is 2.45. The van der Waals surface area contributed by atoms with Crippen molar-refractivity contribution in [2.45, 2.75) is 43.2 Å². The molecule has 172 valence electrons. The van der Waals surface area contributed by atoms with E-state index < -0.39 is 54.9 Å². The van der Waals surface area contributed by atoms with Crippen LogP contribution in [0.3, 0.4) is 0 Å². The van der Waals surface area contributed by atoms with Crippen molar-refractivity contribution in [2.24, 2.45) is 0 Å². The minimum atomic E-state index is -1.70. The molecule has 2 aliphatic rings. The first-order chi connectivity index (χ1) is 15.2. The van der Waals surface area contributed by atoms with Gasteiger partial charge in [-0.2, -0.15) is 0 Å². The highest BCUT2D eigenvalue weighted by atomic mass is 16.7. The number of fused-ring (bicyclic) bond motifs is 1. The minimum Gasteiger partial charge on any atom is -0.504 e. The van der Waals surface area contributed by atoms with Gasteiger partial charge >= 0.3 is 0 Å². The molecular weight excluding hydrogens is 428 g/mol. The third-order valence-electron chi connectivity index (χ3n) is 5.49. The van der Waals surface area contributed by atoms with E-state index in [1.165, 1.54) is 30.3 Å². The number of aliphatic hydroxyl groups excluding tert-OH is 4. The molecule has 11 nitrogen and oxygen atoms in total. The van der Waals surface area contributed by atoms with Crippen LogP contribution in [0.2, 0.25) is 0 Å². The van der Waals surface area contributed by atoms with E-state index in [0.717, 1.165) is 0 Å². The molecular formula is C21H22O11. The molecule has 0 aliphatic carbocycles. The SMILES string of the molecule is O=C1CC(c2ccc(O)c(O)c2)Oc2c1ccc(OC1O[C@H](CO)[C@@H](O)[C@H](O)[C@H]1O)c2O. The fourth-order valence-electron chi connectivity index (χ4n) is 3.67. The number of hydrogen-bond acceptors (Lipinski definition) is 11. The van der Waals surface area contributed by atoms with Gasteiger partial charge in [-0.15, -0.1) is 0 Å². The summed E-state index contributed by atoms with van der Waals surface area (Å²) in [6.07, 6.45) is -8.64. The van der Waals surface area contributed by atoms with Crippen LogP contribution in [0.5, 0.6) is 28.7 Å². The summed E-state index contributed by atoms with van der Waals surface area (Å²) in [5.41, 5.74) is 0.474. The highest BCUT2D eigenvalue weighted by molar-refractivity contribution is 6.01. The molecule has 0 amide bonds. The molecule has 2 aromatic rings. The van der Waals surface area contributed by atoms with Crippen molar-refractivity contribution in [1.29, 1.82) is 0 Å². The number of carbonyl (C=O) groups is 1. The lowest BCUT2D eigenvalue weighted by molar-refractivity contribution is -0.277. The van der Waals surface area contributed by atoms with E-state index in [0.29, 0.717) is 5.56 Å². The van der Waals surface area contributed by atoms with E-state index >= 15 is 0 Å². The van der Waals surface area contributed by atoms with Gasteiger partial charge in [0.15, 0.2) is 28.8 Å². The first-order valence-electron chi connectivity index (χ1n) is 9.76. The van der Waals surface area contributed by atoms with E-state index in [-0.39, 0.29) is 35.0 Å². The number of carbonyl (C=O) groups excluding carboxylic acids is 1. The number of phenolic OH excluding ortho intramolecular Hbond substituents is 3. The number of ether oxygens (including phenoxy) is 3. The van der Waals surface area contributed by atoms with E-state index in [2.05, 4.69) is 0 Å². The Morgan fingerprint density at radius 1 is 0.969 bits per heavy atom. The number of ketones is 1. The fourth-order valence-corrected chi connectivity index (χ4v) is 3.67. The summed E-state index contributed by atoms with van der Waals surface area (Å²) < 4.78 is 16.5. The van der Waals surface area contributed by atoms with Crippen molar-refractivity contribution < 1.29 is 54.8 Å². The molecule has 7 N–H and O–H groups in total. The van der Waals surface area contributed by atoms with Crippen molar-refractivity contribution in [2.75, 3.05) is 6.61 Å². The van der Waals surface area contributed by atoms with Crippen LogP contribution in [0, 0.1) is 0 Å². The molecule has 11 heteroatoms. The van der Waals surface area contributed by atoms with Crippen LogP contribution >= 0.6 is 0 Å². The Labute approximate surface area is 181 Å². The standard InChI is InChI=1S/C21H22O11/c22-7-15-16(26)18(28)19(29)21(32-15)31-13-4-2-9-11(24)6-14(30-20(9)17(13)27)8-1-3-10(23)12(25)5-8/h1-5,14-16,18-19,21-23,25-29H,6-7H2/t14?,15-,16-,18+,19-,21?/m1/s1. The maximum absolute atomic E-state index is 12.6. The van der Waals surface area contributed by atoms with Crippen molar-refractivity contribution in [3.05, 3.63) is 41.5 Å². The van der Waals surface area contributed by atoms with Crippen LogP contribution in [0.15, 0.2) is 30.3 Å². The van der Waals surface area contributed by atoms with Gasteiger partial charge in [0.1, 0.15) is 30.5 Å². The van der Waals surface area contributed by atoms with E-state index in [1.54, 1.807) is 0 Å². The first kappa shape index (κ1) is 22.1. The lowest BCUT2D eigenvalue weighted by atomic mass is 9.95. The van der Waals surface area contributed by atoms with Gasteiger partial charge in [0.05, 0.1) is 18.6 Å². The van der Waals surface area contributed by atoms with Crippen molar-refractivity contribution in [1.82, 2.24) is 0 Å². The Bertz CT molecular complexity index is 1020. The van der Waals surface area contributed by atoms with Crippen LogP contribution in [-0.2, 0) is 4.74 Å². The summed E-state index contributed by atoms with van der Waals surface area (Å²) in [5.74, 6) is -2.09. The zero-order valence-electron chi connectivity index (χ0n) is 16.5. The quantitative estimate of drug-likeness (QED) is 0.303. The van der Waals surface area contributed by atoms with Gasteiger partial charge in [-0.1, -0.05) is 6.07 Å². The number of aromatic hydroxyl groups is 3. The van der Waals surface area contributed by atoms with Crippen LogP contribution in [-0.4, -0.2) is 78.8 Å². The summed E-state index contributed by atoms with van der Waals surface area (Å²) in [6, 6.07) is 6.55. The van der Waals surface area contributed by atoms with Crippen molar-refractivity contribution in [3.8, 4) is 28.7 Å². The topological polar surface area (TPSA) is 186 Å². The Balaban J connectivity index is 1.61.